The minimum Gasteiger partial charge on any atom is -0.512 e. The Kier molecular flexibility index (Phi) is 5.79. The summed E-state index contributed by atoms with van der Waals surface area (Å²) >= 11 is 0. The topological polar surface area (TPSA) is 57.6 Å². The summed E-state index contributed by atoms with van der Waals surface area (Å²) in [4.78, 5) is 25.7. The normalized spacial score (nSPS) is 18.8. The Morgan fingerprint density at radius 3 is 2.24 bits per heavy atom. The minimum absolute atomic E-state index is 0.0513. The van der Waals surface area contributed by atoms with Crippen LogP contribution >= 0.6 is 0 Å². The van der Waals surface area contributed by atoms with Gasteiger partial charge in [-0.3, -0.25) is 9.59 Å². The van der Waals surface area contributed by atoms with Crippen molar-refractivity contribution in [1.82, 2.24) is 4.90 Å². The van der Waals surface area contributed by atoms with Crippen LogP contribution in [0, 0.1) is 31.1 Å². The lowest BCUT2D eigenvalue weighted by Crippen LogP contribution is -2.47. The Hall–Kier alpha value is -2.68. The maximum absolute atomic E-state index is 13.1. The number of hydrogen-bond acceptors (Lipinski definition) is 3. The highest BCUT2D eigenvalue weighted by molar-refractivity contribution is 6.23. The van der Waals surface area contributed by atoms with Gasteiger partial charge in [-0.15, -0.1) is 5.92 Å². The average Bonchev–Trinajstić information content (AvgIpc) is 2.63. The first-order chi connectivity index (χ1) is 13.7. The number of alkyl halides is 2. The van der Waals surface area contributed by atoms with Crippen LogP contribution in [0.2, 0.25) is 0 Å². The Balaban J connectivity index is 1.88. The number of aliphatic hydroxyl groups is 1. The van der Waals surface area contributed by atoms with Gasteiger partial charge in [-0.05, 0) is 67.9 Å². The first kappa shape index (κ1) is 21.0. The van der Waals surface area contributed by atoms with E-state index in [-0.39, 0.29) is 31.1 Å². The summed E-state index contributed by atoms with van der Waals surface area (Å²) in [5.74, 6) is 4.62. The Morgan fingerprint density at radius 1 is 1.17 bits per heavy atom. The number of benzene rings is 1. The van der Waals surface area contributed by atoms with Crippen LogP contribution in [0.3, 0.4) is 0 Å². The molecule has 2 aliphatic rings. The molecule has 4 nitrogen and oxygen atoms in total. The van der Waals surface area contributed by atoms with Crippen molar-refractivity contribution in [3.8, 4) is 11.8 Å². The molecule has 0 unspecified atom stereocenters. The molecule has 1 amide bonds. The molecule has 1 fully saturated rings. The quantitative estimate of drug-likeness (QED) is 0.757. The third kappa shape index (κ3) is 4.05. The molecule has 1 spiro atoms. The van der Waals surface area contributed by atoms with E-state index < -0.39 is 17.7 Å². The number of halogens is 2. The zero-order chi connectivity index (χ0) is 21.3. The number of piperidine rings is 1. The van der Waals surface area contributed by atoms with Crippen molar-refractivity contribution in [3.63, 3.8) is 0 Å². The molecule has 1 aromatic rings. The SMILES string of the molecule is CC#Cc1cc(C)c(C2=C(O)CC3(CCN(C(=O)C(F)F)CC3)CC2=O)c(C)c1. The number of amides is 1. The minimum atomic E-state index is -3.01. The largest absolute Gasteiger partial charge is 0.512 e. The van der Waals surface area contributed by atoms with Crippen molar-refractivity contribution < 1.29 is 23.5 Å². The molecule has 3 rings (SSSR count). The molecule has 1 aromatic carbocycles. The second-order valence-corrected chi connectivity index (χ2v) is 8.08. The van der Waals surface area contributed by atoms with Gasteiger partial charge in [0.2, 0.25) is 0 Å². The number of carbonyl (C=O) groups excluding carboxylic acids is 2. The van der Waals surface area contributed by atoms with Crippen LogP contribution in [0.4, 0.5) is 8.78 Å². The van der Waals surface area contributed by atoms with Crippen LogP contribution < -0.4 is 0 Å². The molecule has 29 heavy (non-hydrogen) atoms. The number of allylic oxidation sites excluding steroid dienone is 2. The molecule has 1 saturated heterocycles. The molecular weight excluding hydrogens is 376 g/mol. The van der Waals surface area contributed by atoms with E-state index in [0.717, 1.165) is 27.2 Å². The van der Waals surface area contributed by atoms with Crippen molar-refractivity contribution in [2.24, 2.45) is 5.41 Å². The first-order valence-electron chi connectivity index (χ1n) is 9.74. The summed E-state index contributed by atoms with van der Waals surface area (Å²) in [6.45, 7) is 5.92. The number of nitrogens with zero attached hydrogens (tertiary/aromatic N) is 1. The van der Waals surface area contributed by atoms with Crippen molar-refractivity contribution in [2.45, 2.75) is 52.9 Å². The fraction of sp³-hybridized carbons (Fsp3) is 0.478. The van der Waals surface area contributed by atoms with Gasteiger partial charge in [-0.1, -0.05) is 5.92 Å². The van der Waals surface area contributed by atoms with E-state index in [1.807, 2.05) is 26.0 Å². The lowest BCUT2D eigenvalue weighted by atomic mass is 9.66. The van der Waals surface area contributed by atoms with Gasteiger partial charge in [0.15, 0.2) is 5.78 Å². The van der Waals surface area contributed by atoms with Gasteiger partial charge in [0, 0.05) is 31.5 Å². The summed E-state index contributed by atoms with van der Waals surface area (Å²) in [5.41, 5.74) is 3.25. The molecule has 0 atom stereocenters. The molecular formula is C23H25F2NO3. The van der Waals surface area contributed by atoms with Gasteiger partial charge in [-0.25, -0.2) is 0 Å². The third-order valence-corrected chi connectivity index (χ3v) is 6.02. The summed E-state index contributed by atoms with van der Waals surface area (Å²) in [6.07, 6.45) is -1.59. The molecule has 0 aromatic heterocycles. The van der Waals surface area contributed by atoms with Crippen LogP contribution in [0.1, 0.15) is 54.9 Å². The summed E-state index contributed by atoms with van der Waals surface area (Å²) in [7, 11) is 0. The highest BCUT2D eigenvalue weighted by Gasteiger charge is 2.44. The van der Waals surface area contributed by atoms with Gasteiger partial charge in [0.25, 0.3) is 5.91 Å². The molecule has 0 bridgehead atoms. The van der Waals surface area contributed by atoms with Gasteiger partial charge < -0.3 is 10.0 Å². The molecule has 1 aliphatic carbocycles. The second-order valence-electron chi connectivity index (χ2n) is 8.08. The van der Waals surface area contributed by atoms with Crippen molar-refractivity contribution >= 4 is 17.3 Å². The molecule has 0 saturated carbocycles. The lowest BCUT2D eigenvalue weighted by molar-refractivity contribution is -0.145. The van der Waals surface area contributed by atoms with Gasteiger partial charge in [-0.2, -0.15) is 8.78 Å². The highest BCUT2D eigenvalue weighted by Crippen LogP contribution is 2.47. The average molecular weight is 401 g/mol. The van der Waals surface area contributed by atoms with E-state index in [2.05, 4.69) is 11.8 Å². The maximum Gasteiger partial charge on any atom is 0.315 e. The number of rotatable bonds is 2. The monoisotopic (exact) mass is 401 g/mol. The van der Waals surface area contributed by atoms with E-state index >= 15 is 0 Å². The smallest absolute Gasteiger partial charge is 0.315 e. The van der Waals surface area contributed by atoms with E-state index in [1.165, 1.54) is 0 Å². The van der Waals surface area contributed by atoms with E-state index in [4.69, 9.17) is 0 Å². The molecule has 154 valence electrons. The van der Waals surface area contributed by atoms with Crippen LogP contribution in [-0.4, -0.2) is 41.2 Å². The molecule has 1 aliphatic heterocycles. The van der Waals surface area contributed by atoms with Crippen LogP contribution in [0.15, 0.2) is 17.9 Å². The highest BCUT2D eigenvalue weighted by atomic mass is 19.3. The van der Waals surface area contributed by atoms with Gasteiger partial charge in [0.1, 0.15) is 5.76 Å². The second kappa shape index (κ2) is 7.98. The van der Waals surface area contributed by atoms with E-state index in [1.54, 1.807) is 6.92 Å². The fourth-order valence-corrected chi connectivity index (χ4v) is 4.65. The number of carbonyl (C=O) groups is 2. The summed E-state index contributed by atoms with van der Waals surface area (Å²) in [5, 5.41) is 10.8. The van der Waals surface area contributed by atoms with Crippen LogP contribution in [0.25, 0.3) is 5.57 Å². The van der Waals surface area contributed by atoms with Crippen molar-refractivity contribution in [3.05, 3.63) is 40.1 Å². The number of hydrogen-bond donors (Lipinski definition) is 1. The zero-order valence-electron chi connectivity index (χ0n) is 16.9. The first-order valence-corrected chi connectivity index (χ1v) is 9.74. The number of Topliss-reactive ketones (excluding diaryl/α,β-unsaturated/α-hetero) is 1. The summed E-state index contributed by atoms with van der Waals surface area (Å²) in [6, 6.07) is 3.82. The molecule has 1 heterocycles. The van der Waals surface area contributed by atoms with E-state index in [0.29, 0.717) is 24.8 Å². The standard InChI is InChI=1S/C23H25F2NO3/c1-4-5-16-10-14(2)19(15(3)11-16)20-17(27)12-23(13-18(20)28)6-8-26(9-7-23)22(29)21(24)25/h10-11,21,27H,6-9,12-13H2,1-3H3. The van der Waals surface area contributed by atoms with Crippen molar-refractivity contribution in [1.29, 1.82) is 0 Å². The summed E-state index contributed by atoms with van der Waals surface area (Å²) < 4.78 is 25.3. The predicted octanol–water partition coefficient (Wildman–Crippen LogP) is 4.18. The Morgan fingerprint density at radius 2 is 1.76 bits per heavy atom. The number of likely N-dealkylation sites (tertiary alicyclic amines) is 1. The Labute approximate surface area is 169 Å². The molecule has 0 radical (unpaired) electrons. The fourth-order valence-electron chi connectivity index (χ4n) is 4.65. The van der Waals surface area contributed by atoms with Gasteiger partial charge >= 0.3 is 6.43 Å². The number of aliphatic hydroxyl groups excluding tert-OH is 1. The third-order valence-electron chi connectivity index (χ3n) is 6.02. The van der Waals surface area contributed by atoms with E-state index in [9.17, 15) is 23.5 Å². The van der Waals surface area contributed by atoms with Gasteiger partial charge in [0.05, 0.1) is 5.57 Å². The zero-order valence-corrected chi connectivity index (χ0v) is 16.9. The van der Waals surface area contributed by atoms with Crippen molar-refractivity contribution in [2.75, 3.05) is 13.1 Å². The van der Waals surface area contributed by atoms with Crippen LogP contribution in [-0.2, 0) is 9.59 Å². The molecule has 1 N–H and O–H groups in total. The van der Waals surface area contributed by atoms with Crippen LogP contribution in [0.5, 0.6) is 0 Å². The lowest BCUT2D eigenvalue weighted by Gasteiger charge is -2.43. The molecule has 6 heteroatoms. The Bertz CT molecular complexity index is 922. The maximum atomic E-state index is 13.1. The number of aryl methyl sites for hydroxylation is 2. The number of ketones is 1. The predicted molar refractivity (Wildman–Crippen MR) is 107 cm³/mol.